The van der Waals surface area contributed by atoms with E-state index in [0.717, 1.165) is 11.5 Å². The van der Waals surface area contributed by atoms with Crippen molar-refractivity contribution in [3.63, 3.8) is 0 Å². The number of rotatable bonds is 5. The monoisotopic (exact) mass is 253 g/mol. The summed E-state index contributed by atoms with van der Waals surface area (Å²) in [6, 6.07) is 0.197. The molecule has 3 N–H and O–H groups in total. The van der Waals surface area contributed by atoms with Crippen LogP contribution < -0.4 is 11.1 Å². The summed E-state index contributed by atoms with van der Waals surface area (Å²) < 4.78 is 1.81. The van der Waals surface area contributed by atoms with E-state index in [-0.39, 0.29) is 18.5 Å². The van der Waals surface area contributed by atoms with Crippen LogP contribution in [0.15, 0.2) is 0 Å². The Morgan fingerprint density at radius 1 is 1.56 bits per heavy atom. The highest BCUT2D eigenvalue weighted by Crippen LogP contribution is 2.25. The Labute approximate surface area is 108 Å². The van der Waals surface area contributed by atoms with Crippen molar-refractivity contribution in [1.29, 1.82) is 0 Å². The SMILES string of the molecule is CCN(C)C(=O)CNc1c(N)c(C)nn1C(C)C. The number of amides is 1. The van der Waals surface area contributed by atoms with Crippen molar-refractivity contribution >= 4 is 17.4 Å². The van der Waals surface area contributed by atoms with Gasteiger partial charge in [0.05, 0.1) is 17.9 Å². The number of aryl methyl sites for hydroxylation is 1. The van der Waals surface area contributed by atoms with Gasteiger partial charge in [0.1, 0.15) is 5.82 Å². The standard InChI is InChI=1S/C12H23N5O/c1-6-16(5)10(18)7-14-12-11(13)9(4)15-17(12)8(2)3/h8,14H,6-7,13H2,1-5H3. The lowest BCUT2D eigenvalue weighted by Crippen LogP contribution is -2.32. The maximum absolute atomic E-state index is 11.7. The first kappa shape index (κ1) is 14.3. The van der Waals surface area contributed by atoms with Gasteiger partial charge in [0.25, 0.3) is 0 Å². The molecule has 0 atom stereocenters. The fourth-order valence-corrected chi connectivity index (χ4v) is 1.58. The highest BCUT2D eigenvalue weighted by Gasteiger charge is 2.16. The minimum Gasteiger partial charge on any atom is -0.394 e. The molecular formula is C12H23N5O. The van der Waals surface area contributed by atoms with Gasteiger partial charge in [0.15, 0.2) is 0 Å². The summed E-state index contributed by atoms with van der Waals surface area (Å²) in [4.78, 5) is 13.4. The van der Waals surface area contributed by atoms with Crippen LogP contribution >= 0.6 is 0 Å². The third kappa shape index (κ3) is 2.94. The van der Waals surface area contributed by atoms with E-state index in [2.05, 4.69) is 10.4 Å². The minimum atomic E-state index is 0.0334. The van der Waals surface area contributed by atoms with Crippen LogP contribution in [0.2, 0.25) is 0 Å². The molecule has 0 bridgehead atoms. The highest BCUT2D eigenvalue weighted by atomic mass is 16.2. The average molecular weight is 253 g/mol. The van der Waals surface area contributed by atoms with Gasteiger partial charge in [-0.1, -0.05) is 0 Å². The number of carbonyl (C=O) groups is 1. The second-order valence-corrected chi connectivity index (χ2v) is 4.65. The van der Waals surface area contributed by atoms with Crippen LogP contribution in [0.1, 0.15) is 32.5 Å². The number of aromatic nitrogens is 2. The molecule has 102 valence electrons. The molecule has 0 aliphatic heterocycles. The Balaban J connectivity index is 2.81. The zero-order valence-corrected chi connectivity index (χ0v) is 11.8. The van der Waals surface area contributed by atoms with Gasteiger partial charge in [-0.05, 0) is 27.7 Å². The number of nitrogens with two attached hydrogens (primary N) is 1. The molecule has 6 nitrogen and oxygen atoms in total. The quantitative estimate of drug-likeness (QED) is 0.828. The molecule has 0 aliphatic carbocycles. The smallest absolute Gasteiger partial charge is 0.241 e. The summed E-state index contributed by atoms with van der Waals surface area (Å²) in [5.41, 5.74) is 7.35. The Kier molecular flexibility index (Phi) is 4.58. The van der Waals surface area contributed by atoms with Gasteiger partial charge in [0.2, 0.25) is 5.91 Å². The van der Waals surface area contributed by atoms with E-state index in [0.29, 0.717) is 12.2 Å². The molecule has 1 amide bonds. The molecule has 1 heterocycles. The van der Waals surface area contributed by atoms with Crippen LogP contribution in [-0.4, -0.2) is 40.7 Å². The number of likely N-dealkylation sites (N-methyl/N-ethyl adjacent to an activating group) is 1. The molecule has 18 heavy (non-hydrogen) atoms. The lowest BCUT2D eigenvalue weighted by Gasteiger charge is -2.17. The fourth-order valence-electron chi connectivity index (χ4n) is 1.58. The molecule has 6 heteroatoms. The molecule has 0 aromatic carbocycles. The van der Waals surface area contributed by atoms with Gasteiger partial charge in [-0.15, -0.1) is 0 Å². The predicted octanol–water partition coefficient (Wildman–Crippen LogP) is 1.24. The molecule has 1 aromatic heterocycles. The molecule has 0 radical (unpaired) electrons. The molecule has 1 aromatic rings. The summed E-state index contributed by atoms with van der Waals surface area (Å²) in [6.07, 6.45) is 0. The lowest BCUT2D eigenvalue weighted by molar-refractivity contribution is -0.127. The third-order valence-electron chi connectivity index (χ3n) is 2.93. The normalized spacial score (nSPS) is 10.8. The van der Waals surface area contributed by atoms with Crippen molar-refractivity contribution in [3.8, 4) is 0 Å². The zero-order valence-electron chi connectivity index (χ0n) is 11.8. The van der Waals surface area contributed by atoms with Gasteiger partial charge >= 0.3 is 0 Å². The van der Waals surface area contributed by atoms with Crippen LogP contribution in [0.5, 0.6) is 0 Å². The third-order valence-corrected chi connectivity index (χ3v) is 2.93. The Morgan fingerprint density at radius 3 is 2.67 bits per heavy atom. The van der Waals surface area contributed by atoms with Crippen LogP contribution in [-0.2, 0) is 4.79 Å². The summed E-state index contributed by atoms with van der Waals surface area (Å²) in [6.45, 7) is 8.77. The molecular weight excluding hydrogens is 230 g/mol. The molecule has 0 unspecified atom stereocenters. The van der Waals surface area contributed by atoms with Crippen molar-refractivity contribution in [2.75, 3.05) is 31.2 Å². The lowest BCUT2D eigenvalue weighted by atomic mass is 10.3. The van der Waals surface area contributed by atoms with Gasteiger partial charge < -0.3 is 16.0 Å². The first-order chi connectivity index (χ1) is 8.38. The predicted molar refractivity (Wildman–Crippen MR) is 73.6 cm³/mol. The van der Waals surface area contributed by atoms with Crippen molar-refractivity contribution in [3.05, 3.63) is 5.69 Å². The van der Waals surface area contributed by atoms with E-state index in [1.807, 2.05) is 32.4 Å². The van der Waals surface area contributed by atoms with Crippen LogP contribution in [0.3, 0.4) is 0 Å². The molecule has 0 aliphatic rings. The second kappa shape index (κ2) is 5.75. The number of nitrogen functional groups attached to an aromatic ring is 1. The van der Waals surface area contributed by atoms with E-state index in [1.165, 1.54) is 0 Å². The first-order valence-corrected chi connectivity index (χ1v) is 6.20. The van der Waals surface area contributed by atoms with Gasteiger partial charge in [0, 0.05) is 19.6 Å². The van der Waals surface area contributed by atoms with E-state index >= 15 is 0 Å². The Hall–Kier alpha value is -1.72. The van der Waals surface area contributed by atoms with Crippen molar-refractivity contribution in [1.82, 2.24) is 14.7 Å². The van der Waals surface area contributed by atoms with E-state index in [1.54, 1.807) is 11.9 Å². The first-order valence-electron chi connectivity index (χ1n) is 6.20. The van der Waals surface area contributed by atoms with Gasteiger partial charge in [-0.2, -0.15) is 5.10 Å². The van der Waals surface area contributed by atoms with Crippen LogP contribution in [0, 0.1) is 6.92 Å². The number of nitrogens with zero attached hydrogens (tertiary/aromatic N) is 3. The van der Waals surface area contributed by atoms with Crippen molar-refractivity contribution < 1.29 is 4.79 Å². The summed E-state index contributed by atoms with van der Waals surface area (Å²) in [5.74, 6) is 0.756. The Bertz CT molecular complexity index is 424. The Morgan fingerprint density at radius 2 is 2.17 bits per heavy atom. The molecule has 0 spiro atoms. The number of hydrogen-bond acceptors (Lipinski definition) is 4. The van der Waals surface area contributed by atoms with Crippen molar-refractivity contribution in [2.45, 2.75) is 33.7 Å². The summed E-state index contributed by atoms with van der Waals surface area (Å²) >= 11 is 0. The fraction of sp³-hybridized carbons (Fsp3) is 0.667. The second-order valence-electron chi connectivity index (χ2n) is 4.65. The van der Waals surface area contributed by atoms with Crippen LogP contribution in [0.25, 0.3) is 0 Å². The molecule has 0 fully saturated rings. The van der Waals surface area contributed by atoms with E-state index in [4.69, 9.17) is 5.73 Å². The van der Waals surface area contributed by atoms with Gasteiger partial charge in [-0.3, -0.25) is 4.79 Å². The maximum atomic E-state index is 11.7. The zero-order chi connectivity index (χ0) is 13.9. The number of carbonyl (C=O) groups excluding carboxylic acids is 1. The van der Waals surface area contributed by atoms with E-state index in [9.17, 15) is 4.79 Å². The maximum Gasteiger partial charge on any atom is 0.241 e. The number of nitrogens with one attached hydrogen (secondary N) is 1. The molecule has 1 rings (SSSR count). The van der Waals surface area contributed by atoms with Crippen LogP contribution in [0.4, 0.5) is 11.5 Å². The largest absolute Gasteiger partial charge is 0.394 e. The molecule has 0 saturated heterocycles. The molecule has 0 saturated carbocycles. The highest BCUT2D eigenvalue weighted by molar-refractivity contribution is 5.81. The summed E-state index contributed by atoms with van der Waals surface area (Å²) in [5, 5.41) is 7.44. The average Bonchev–Trinajstić information content (AvgIpc) is 2.62. The topological polar surface area (TPSA) is 76.2 Å². The summed E-state index contributed by atoms with van der Waals surface area (Å²) in [7, 11) is 1.78. The number of hydrogen-bond donors (Lipinski definition) is 2. The van der Waals surface area contributed by atoms with E-state index < -0.39 is 0 Å². The number of anilines is 2. The minimum absolute atomic E-state index is 0.0334. The van der Waals surface area contributed by atoms with Gasteiger partial charge in [-0.25, -0.2) is 4.68 Å². The van der Waals surface area contributed by atoms with Crippen molar-refractivity contribution in [2.24, 2.45) is 0 Å².